The largest absolute Gasteiger partial charge is 0.508 e. The van der Waals surface area contributed by atoms with Crippen molar-refractivity contribution in [3.05, 3.63) is 64.2 Å². The first kappa shape index (κ1) is 16.2. The molecule has 0 radical (unpaired) electrons. The van der Waals surface area contributed by atoms with E-state index in [1.165, 1.54) is 17.4 Å². The normalized spacial score (nSPS) is 29.9. The average molecular weight is 374 g/mol. The molecule has 4 aliphatic rings. The van der Waals surface area contributed by atoms with Gasteiger partial charge in [0, 0.05) is 27.7 Å². The number of phenolic OH excluding ortho intramolecular Hbond substituents is 1. The molecule has 0 amide bonds. The monoisotopic (exact) mass is 374 g/mol. The van der Waals surface area contributed by atoms with Gasteiger partial charge in [-0.25, -0.2) is 4.79 Å². The Hall–Kier alpha value is -2.75. The summed E-state index contributed by atoms with van der Waals surface area (Å²) in [5.41, 5.74) is 1.92. The molecule has 4 heteroatoms. The van der Waals surface area contributed by atoms with E-state index in [0.717, 1.165) is 36.6 Å². The summed E-state index contributed by atoms with van der Waals surface area (Å²) in [7, 11) is 0. The van der Waals surface area contributed by atoms with Gasteiger partial charge >= 0.3 is 5.63 Å². The maximum atomic E-state index is 12.4. The molecule has 28 heavy (non-hydrogen) atoms. The van der Waals surface area contributed by atoms with Gasteiger partial charge in [0.25, 0.3) is 0 Å². The van der Waals surface area contributed by atoms with Crippen molar-refractivity contribution in [1.29, 1.82) is 0 Å². The molecule has 3 fully saturated rings. The lowest BCUT2D eigenvalue weighted by Gasteiger charge is -2.71. The highest BCUT2D eigenvalue weighted by atomic mass is 16.5. The van der Waals surface area contributed by atoms with E-state index in [-0.39, 0.29) is 27.6 Å². The Morgan fingerprint density at radius 2 is 1.68 bits per heavy atom. The van der Waals surface area contributed by atoms with Crippen molar-refractivity contribution in [2.75, 3.05) is 6.61 Å². The van der Waals surface area contributed by atoms with Crippen molar-refractivity contribution in [2.45, 2.75) is 38.5 Å². The first-order valence-corrected chi connectivity index (χ1v) is 9.86. The van der Waals surface area contributed by atoms with Gasteiger partial charge in [0.1, 0.15) is 11.3 Å². The molecule has 0 atom stereocenters. The van der Waals surface area contributed by atoms with Crippen LogP contribution in [0.5, 0.6) is 5.75 Å². The number of allylic oxidation sites excluding steroid dienone is 1. The van der Waals surface area contributed by atoms with E-state index in [2.05, 4.69) is 32.1 Å². The van der Waals surface area contributed by atoms with Gasteiger partial charge in [-0.1, -0.05) is 19.9 Å². The van der Waals surface area contributed by atoms with Gasteiger partial charge in [-0.3, -0.25) is 0 Å². The van der Waals surface area contributed by atoms with E-state index in [4.69, 9.17) is 9.15 Å². The Balaban J connectivity index is 1.41. The first-order valence-electron chi connectivity index (χ1n) is 9.86. The van der Waals surface area contributed by atoms with E-state index in [9.17, 15) is 9.90 Å². The zero-order valence-corrected chi connectivity index (χ0v) is 16.0. The molecule has 1 aliphatic heterocycles. The Kier molecular flexibility index (Phi) is 2.78. The molecule has 4 nitrogen and oxygen atoms in total. The van der Waals surface area contributed by atoms with Crippen LogP contribution in [0.1, 0.15) is 38.7 Å². The van der Waals surface area contributed by atoms with E-state index in [1.807, 2.05) is 12.1 Å². The highest BCUT2D eigenvalue weighted by molar-refractivity contribution is 6.04. The van der Waals surface area contributed by atoms with Crippen LogP contribution in [-0.2, 0) is 10.2 Å². The van der Waals surface area contributed by atoms with Crippen LogP contribution in [0.4, 0.5) is 0 Å². The third-order valence-corrected chi connectivity index (χ3v) is 6.98. The summed E-state index contributed by atoms with van der Waals surface area (Å²) in [5.74, 6) is 1.29. The molecule has 7 rings (SSSR count). The van der Waals surface area contributed by atoms with E-state index in [1.54, 1.807) is 6.07 Å². The van der Waals surface area contributed by atoms with Crippen molar-refractivity contribution >= 4 is 21.7 Å². The lowest BCUT2D eigenvalue weighted by molar-refractivity contribution is -0.139. The molecule has 3 aliphatic carbocycles. The number of hydrogen-bond donors (Lipinski definition) is 1. The smallest absolute Gasteiger partial charge is 0.344 e. The third-order valence-electron chi connectivity index (χ3n) is 6.98. The minimum atomic E-state index is -0.361. The number of phenols is 1. The Labute approximate surface area is 162 Å². The highest BCUT2D eigenvalue weighted by Crippen LogP contribution is 2.77. The van der Waals surface area contributed by atoms with Gasteiger partial charge < -0.3 is 14.3 Å². The Morgan fingerprint density at radius 1 is 0.929 bits per heavy atom. The molecule has 3 saturated carbocycles. The molecule has 2 heterocycles. The van der Waals surface area contributed by atoms with Gasteiger partial charge in [-0.05, 0) is 60.6 Å². The summed E-state index contributed by atoms with van der Waals surface area (Å²) >= 11 is 0. The third kappa shape index (κ3) is 1.98. The van der Waals surface area contributed by atoms with Crippen molar-refractivity contribution in [3.63, 3.8) is 0 Å². The van der Waals surface area contributed by atoms with Crippen LogP contribution in [0, 0.1) is 10.8 Å². The summed E-state index contributed by atoms with van der Waals surface area (Å²) < 4.78 is 11.4. The summed E-state index contributed by atoms with van der Waals surface area (Å²) in [6, 6.07) is 11.1. The Morgan fingerprint density at radius 3 is 2.39 bits per heavy atom. The van der Waals surface area contributed by atoms with Crippen LogP contribution >= 0.6 is 0 Å². The molecule has 3 aromatic rings. The van der Waals surface area contributed by atoms with Crippen molar-refractivity contribution in [1.82, 2.24) is 0 Å². The van der Waals surface area contributed by atoms with Gasteiger partial charge in [-0.15, -0.1) is 0 Å². The van der Waals surface area contributed by atoms with Crippen molar-refractivity contribution in [2.24, 2.45) is 10.8 Å². The zero-order valence-electron chi connectivity index (χ0n) is 16.0. The predicted molar refractivity (Wildman–Crippen MR) is 107 cm³/mol. The van der Waals surface area contributed by atoms with Crippen LogP contribution in [0.3, 0.4) is 0 Å². The van der Waals surface area contributed by atoms with Crippen LogP contribution < -0.4 is 5.63 Å². The summed E-state index contributed by atoms with van der Waals surface area (Å²) in [6.45, 7) is 5.22. The number of ether oxygens (including phenoxy) is 1. The second-order valence-electron chi connectivity index (χ2n) is 9.71. The van der Waals surface area contributed by atoms with Crippen LogP contribution in [0.2, 0.25) is 0 Å². The predicted octanol–water partition coefficient (Wildman–Crippen LogP) is 5.01. The zero-order chi connectivity index (χ0) is 19.3. The minimum Gasteiger partial charge on any atom is -0.508 e. The number of aromatic hydroxyl groups is 1. The standard InChI is InChI=1S/C24H22O4/c1-22(2)9-20(27-13-22)24-10-23(11-24,12-24)14-3-5-17-18(7-14)16-6-4-15(25)8-19(16)28-21(17)26/h3-9,25H,10-13H2,1-2H3. The number of rotatable bonds is 2. The minimum absolute atomic E-state index is 0.0975. The number of hydrogen-bond acceptors (Lipinski definition) is 4. The molecule has 0 saturated heterocycles. The molecule has 0 unspecified atom stereocenters. The molecular weight excluding hydrogens is 352 g/mol. The molecule has 1 aromatic heterocycles. The van der Waals surface area contributed by atoms with Crippen LogP contribution in [0.15, 0.2) is 57.4 Å². The fraction of sp³-hybridized carbons (Fsp3) is 0.375. The summed E-state index contributed by atoms with van der Waals surface area (Å²) in [4.78, 5) is 12.4. The highest BCUT2D eigenvalue weighted by Gasteiger charge is 2.71. The Bertz CT molecular complexity index is 1240. The average Bonchev–Trinajstić information content (AvgIpc) is 2.92. The van der Waals surface area contributed by atoms with Gasteiger partial charge in [0.2, 0.25) is 0 Å². The van der Waals surface area contributed by atoms with Crippen molar-refractivity contribution < 1.29 is 14.3 Å². The maximum absolute atomic E-state index is 12.4. The fourth-order valence-electron chi connectivity index (χ4n) is 5.61. The SMILES string of the molecule is CC1(C)C=C(C23CC(c4ccc5c(=O)oc6cc(O)ccc6c5c4)(C2)C3)OC1. The molecule has 1 N–H and O–H groups in total. The number of fused-ring (bicyclic) bond motifs is 3. The summed E-state index contributed by atoms with van der Waals surface area (Å²) in [5, 5.41) is 12.1. The van der Waals surface area contributed by atoms with E-state index < -0.39 is 0 Å². The molecule has 2 bridgehead atoms. The first-order chi connectivity index (χ1) is 13.3. The van der Waals surface area contributed by atoms with Gasteiger partial charge in [0.05, 0.1) is 17.8 Å². The van der Waals surface area contributed by atoms with Crippen LogP contribution in [0.25, 0.3) is 21.7 Å². The second kappa shape index (κ2) is 4.80. The molecule has 0 spiro atoms. The molecule has 2 aromatic carbocycles. The van der Waals surface area contributed by atoms with Crippen molar-refractivity contribution in [3.8, 4) is 5.75 Å². The molecular formula is C24H22O4. The summed E-state index contributed by atoms with van der Waals surface area (Å²) in [6.07, 6.45) is 5.68. The lowest BCUT2D eigenvalue weighted by atomic mass is 9.33. The fourth-order valence-corrected chi connectivity index (χ4v) is 5.61. The molecule has 142 valence electrons. The second-order valence-corrected chi connectivity index (χ2v) is 9.71. The quantitative estimate of drug-likeness (QED) is 0.506. The lowest BCUT2D eigenvalue weighted by Crippen LogP contribution is -2.65. The van der Waals surface area contributed by atoms with Gasteiger partial charge in [-0.2, -0.15) is 0 Å². The van der Waals surface area contributed by atoms with Gasteiger partial charge in [0.15, 0.2) is 0 Å². The maximum Gasteiger partial charge on any atom is 0.344 e. The van der Waals surface area contributed by atoms with E-state index in [0.29, 0.717) is 11.0 Å². The topological polar surface area (TPSA) is 59.7 Å². The number of benzene rings is 2. The van der Waals surface area contributed by atoms with E-state index >= 15 is 0 Å². The van der Waals surface area contributed by atoms with Crippen LogP contribution in [-0.4, -0.2) is 11.7 Å².